The molecule has 1 heterocycles. The molecule has 1 saturated carbocycles. The number of aromatic nitrogens is 1. The van der Waals surface area contributed by atoms with Crippen molar-refractivity contribution in [1.82, 2.24) is 10.3 Å². The molecule has 0 spiro atoms. The van der Waals surface area contributed by atoms with E-state index in [9.17, 15) is 5.26 Å². The highest BCUT2D eigenvalue weighted by Gasteiger charge is 2.39. The van der Waals surface area contributed by atoms with Gasteiger partial charge in [-0.05, 0) is 53.9 Å². The van der Waals surface area contributed by atoms with Gasteiger partial charge in [0.05, 0.1) is 11.1 Å². The second kappa shape index (κ2) is 6.05. The summed E-state index contributed by atoms with van der Waals surface area (Å²) in [4.78, 5) is 4.37. The molecule has 18 heavy (non-hydrogen) atoms. The third-order valence-corrected chi connectivity index (χ3v) is 4.87. The quantitative estimate of drug-likeness (QED) is 0.922. The van der Waals surface area contributed by atoms with Gasteiger partial charge in [-0.1, -0.05) is 6.92 Å². The smallest absolute Gasteiger partial charge is 0.107 e. The minimum atomic E-state index is -0.318. The minimum Gasteiger partial charge on any atom is -0.300 e. The van der Waals surface area contributed by atoms with Gasteiger partial charge in [0.15, 0.2) is 0 Å². The van der Waals surface area contributed by atoms with E-state index in [1.165, 1.54) is 0 Å². The highest BCUT2D eigenvalue weighted by Crippen LogP contribution is 2.39. The Morgan fingerprint density at radius 1 is 1.67 bits per heavy atom. The molecule has 2 rings (SSSR count). The van der Waals surface area contributed by atoms with Crippen molar-refractivity contribution in [3.05, 3.63) is 22.8 Å². The first kappa shape index (κ1) is 13.9. The van der Waals surface area contributed by atoms with Crippen molar-refractivity contribution in [2.75, 3.05) is 6.54 Å². The lowest BCUT2D eigenvalue weighted by Gasteiger charge is -2.21. The Morgan fingerprint density at radius 3 is 3.11 bits per heavy atom. The largest absolute Gasteiger partial charge is 0.300 e. The summed E-state index contributed by atoms with van der Waals surface area (Å²) in [5, 5.41) is 14.2. The first-order valence-corrected chi connectivity index (χ1v) is 7.79. The fourth-order valence-electron chi connectivity index (χ4n) is 2.34. The van der Waals surface area contributed by atoms with Gasteiger partial charge in [-0.2, -0.15) is 5.26 Å². The molecule has 1 aliphatic rings. The first-order valence-electron chi connectivity index (χ1n) is 6.12. The zero-order valence-corrected chi connectivity index (χ0v) is 12.7. The number of nitriles is 1. The fraction of sp³-hybridized carbons (Fsp3) is 0.538. The van der Waals surface area contributed by atoms with E-state index in [4.69, 9.17) is 0 Å². The van der Waals surface area contributed by atoms with Crippen molar-refractivity contribution in [3.63, 3.8) is 0 Å². The second-order valence-corrected chi connectivity index (χ2v) is 6.76. The number of hydrogen-bond acceptors (Lipinski definition) is 4. The molecule has 5 heteroatoms. The van der Waals surface area contributed by atoms with Gasteiger partial charge in [-0.25, -0.2) is 4.98 Å². The molecule has 2 atom stereocenters. The van der Waals surface area contributed by atoms with E-state index in [0.717, 1.165) is 35.3 Å². The maximum atomic E-state index is 9.32. The van der Waals surface area contributed by atoms with E-state index in [-0.39, 0.29) is 5.54 Å². The van der Waals surface area contributed by atoms with Crippen LogP contribution in [-0.4, -0.2) is 22.3 Å². The predicted octanol–water partition coefficient (Wildman–Crippen LogP) is 3.36. The van der Waals surface area contributed by atoms with E-state index in [1.54, 1.807) is 11.8 Å². The fourth-order valence-corrected chi connectivity index (χ4v) is 3.78. The zero-order chi connectivity index (χ0) is 13.0. The maximum Gasteiger partial charge on any atom is 0.107 e. The summed E-state index contributed by atoms with van der Waals surface area (Å²) in [5.41, 5.74) is -0.318. The molecule has 2 unspecified atom stereocenters. The van der Waals surface area contributed by atoms with Crippen molar-refractivity contribution < 1.29 is 0 Å². The number of nitrogens with one attached hydrogen (secondary N) is 1. The van der Waals surface area contributed by atoms with Crippen LogP contribution in [0, 0.1) is 11.3 Å². The first-order chi connectivity index (χ1) is 8.67. The molecule has 0 aromatic carbocycles. The van der Waals surface area contributed by atoms with E-state index < -0.39 is 0 Å². The third-order valence-electron chi connectivity index (χ3n) is 3.19. The summed E-state index contributed by atoms with van der Waals surface area (Å²) < 4.78 is 0.997. The molecule has 1 aromatic rings. The van der Waals surface area contributed by atoms with E-state index >= 15 is 0 Å². The molecule has 0 saturated heterocycles. The van der Waals surface area contributed by atoms with Gasteiger partial charge in [0.25, 0.3) is 0 Å². The normalized spacial score (nSPS) is 27.1. The van der Waals surface area contributed by atoms with Crippen LogP contribution in [0.2, 0.25) is 0 Å². The molecule has 1 N–H and O–H groups in total. The predicted molar refractivity (Wildman–Crippen MR) is 77.5 cm³/mol. The zero-order valence-electron chi connectivity index (χ0n) is 10.3. The van der Waals surface area contributed by atoms with Crippen molar-refractivity contribution in [2.45, 2.75) is 42.0 Å². The van der Waals surface area contributed by atoms with Crippen molar-refractivity contribution in [3.8, 4) is 6.07 Å². The molecular formula is C13H16BrN3S. The SMILES string of the molecule is CCNC1(C#N)CCC(Sc2ccc(Br)cn2)C1. The number of halogens is 1. The average Bonchev–Trinajstić information content (AvgIpc) is 2.77. The van der Waals surface area contributed by atoms with Gasteiger partial charge in [0.2, 0.25) is 0 Å². The molecule has 96 valence electrons. The molecule has 3 nitrogen and oxygen atoms in total. The van der Waals surface area contributed by atoms with Crippen LogP contribution in [0.15, 0.2) is 27.8 Å². The monoisotopic (exact) mass is 325 g/mol. The molecule has 1 aliphatic carbocycles. The molecular weight excluding hydrogens is 310 g/mol. The Balaban J connectivity index is 1.97. The average molecular weight is 326 g/mol. The number of nitrogens with zero attached hydrogens (tertiary/aromatic N) is 2. The minimum absolute atomic E-state index is 0.318. The van der Waals surface area contributed by atoms with Crippen molar-refractivity contribution in [1.29, 1.82) is 5.26 Å². The lowest BCUT2D eigenvalue weighted by Crippen LogP contribution is -2.41. The van der Waals surface area contributed by atoms with Gasteiger partial charge in [-0.3, -0.25) is 5.32 Å². The van der Waals surface area contributed by atoms with Crippen LogP contribution in [0.25, 0.3) is 0 Å². The molecule has 0 aliphatic heterocycles. The molecule has 0 radical (unpaired) electrons. The Kier molecular flexibility index (Phi) is 4.66. The Labute approximate surface area is 120 Å². The van der Waals surface area contributed by atoms with Crippen LogP contribution in [0.1, 0.15) is 26.2 Å². The van der Waals surface area contributed by atoms with Crippen molar-refractivity contribution in [2.24, 2.45) is 0 Å². The maximum absolute atomic E-state index is 9.32. The summed E-state index contributed by atoms with van der Waals surface area (Å²) in [5.74, 6) is 0. The highest BCUT2D eigenvalue weighted by atomic mass is 79.9. The lowest BCUT2D eigenvalue weighted by atomic mass is 10.0. The number of hydrogen-bond donors (Lipinski definition) is 1. The van der Waals surface area contributed by atoms with Crippen LogP contribution in [0.3, 0.4) is 0 Å². The summed E-state index contributed by atoms with van der Waals surface area (Å²) in [6.45, 7) is 2.90. The lowest BCUT2D eigenvalue weighted by molar-refractivity contribution is 0.436. The van der Waals surface area contributed by atoms with Gasteiger partial charge in [0, 0.05) is 15.9 Å². The van der Waals surface area contributed by atoms with Gasteiger partial charge < -0.3 is 0 Å². The Bertz CT molecular complexity index is 443. The van der Waals surface area contributed by atoms with Crippen molar-refractivity contribution >= 4 is 27.7 Å². The highest BCUT2D eigenvalue weighted by molar-refractivity contribution is 9.10. The van der Waals surface area contributed by atoms with E-state index in [1.807, 2.05) is 18.3 Å². The van der Waals surface area contributed by atoms with Gasteiger partial charge in [-0.15, -0.1) is 11.8 Å². The molecule has 1 aromatic heterocycles. The van der Waals surface area contributed by atoms with E-state index in [0.29, 0.717) is 5.25 Å². The number of thioether (sulfide) groups is 1. The third kappa shape index (κ3) is 3.25. The standard InChI is InChI=1S/C13H16BrN3S/c1-2-17-13(9-15)6-5-11(7-13)18-12-4-3-10(14)8-16-12/h3-4,8,11,17H,2,5-7H2,1H3. The van der Waals surface area contributed by atoms with Crippen LogP contribution < -0.4 is 5.32 Å². The summed E-state index contributed by atoms with van der Waals surface area (Å²) in [6.07, 6.45) is 4.73. The van der Waals surface area contributed by atoms with Gasteiger partial charge >= 0.3 is 0 Å². The van der Waals surface area contributed by atoms with Crippen LogP contribution >= 0.6 is 27.7 Å². The Morgan fingerprint density at radius 2 is 2.50 bits per heavy atom. The Hall–Kier alpha value is -0.570. The van der Waals surface area contributed by atoms with Crippen LogP contribution in [0.5, 0.6) is 0 Å². The molecule has 0 bridgehead atoms. The topological polar surface area (TPSA) is 48.7 Å². The summed E-state index contributed by atoms with van der Waals surface area (Å²) in [6, 6.07) is 6.48. The number of rotatable bonds is 4. The number of pyridine rings is 1. The van der Waals surface area contributed by atoms with E-state index in [2.05, 4.69) is 39.2 Å². The summed E-state index contributed by atoms with van der Waals surface area (Å²) >= 11 is 5.16. The van der Waals surface area contributed by atoms with Gasteiger partial charge in [0.1, 0.15) is 5.54 Å². The molecule has 0 amide bonds. The van der Waals surface area contributed by atoms with Crippen LogP contribution in [0.4, 0.5) is 0 Å². The summed E-state index contributed by atoms with van der Waals surface area (Å²) in [7, 11) is 0. The second-order valence-electron chi connectivity index (χ2n) is 4.52. The molecule has 1 fully saturated rings. The van der Waals surface area contributed by atoms with Crippen LogP contribution in [-0.2, 0) is 0 Å².